The first kappa shape index (κ1) is 15.6. The zero-order valence-electron chi connectivity index (χ0n) is 12.7. The van der Waals surface area contributed by atoms with Crippen molar-refractivity contribution in [3.05, 3.63) is 70.3 Å². The summed E-state index contributed by atoms with van der Waals surface area (Å²) in [5.41, 5.74) is 3.56. The van der Waals surface area contributed by atoms with Gasteiger partial charge in [0.25, 0.3) is 0 Å². The van der Waals surface area contributed by atoms with Crippen LogP contribution in [0.2, 0.25) is 0 Å². The van der Waals surface area contributed by atoms with E-state index in [1.807, 2.05) is 19.9 Å². The van der Waals surface area contributed by atoms with Crippen molar-refractivity contribution in [2.45, 2.75) is 33.2 Å². The molecule has 0 radical (unpaired) electrons. The minimum Gasteiger partial charge on any atom is -0.310 e. The fourth-order valence-corrected chi connectivity index (χ4v) is 2.49. The Morgan fingerprint density at radius 2 is 1.76 bits per heavy atom. The van der Waals surface area contributed by atoms with Crippen LogP contribution < -0.4 is 5.32 Å². The monoisotopic (exact) mass is 289 g/mol. The van der Waals surface area contributed by atoms with Gasteiger partial charge in [-0.25, -0.2) is 8.78 Å². The van der Waals surface area contributed by atoms with Crippen LogP contribution in [0, 0.1) is 25.5 Å². The van der Waals surface area contributed by atoms with Crippen molar-refractivity contribution in [3.63, 3.8) is 0 Å². The van der Waals surface area contributed by atoms with Crippen molar-refractivity contribution < 1.29 is 8.78 Å². The second-order valence-electron chi connectivity index (χ2n) is 5.39. The molecule has 112 valence electrons. The number of aryl methyl sites for hydroxylation is 2. The van der Waals surface area contributed by atoms with Crippen LogP contribution in [-0.4, -0.2) is 6.54 Å². The summed E-state index contributed by atoms with van der Waals surface area (Å²) in [6.07, 6.45) is 0.711. The van der Waals surface area contributed by atoms with E-state index in [0.29, 0.717) is 12.0 Å². The lowest BCUT2D eigenvalue weighted by atomic mass is 9.95. The van der Waals surface area contributed by atoms with Crippen LogP contribution in [0.5, 0.6) is 0 Å². The van der Waals surface area contributed by atoms with Crippen LogP contribution >= 0.6 is 0 Å². The molecule has 1 N–H and O–H groups in total. The van der Waals surface area contributed by atoms with E-state index in [0.717, 1.165) is 23.2 Å². The summed E-state index contributed by atoms with van der Waals surface area (Å²) in [5.74, 6) is -0.413. The smallest absolute Gasteiger partial charge is 0.126 e. The van der Waals surface area contributed by atoms with E-state index >= 15 is 0 Å². The van der Waals surface area contributed by atoms with Crippen molar-refractivity contribution in [2.24, 2.45) is 0 Å². The summed E-state index contributed by atoms with van der Waals surface area (Å²) < 4.78 is 27.0. The summed E-state index contributed by atoms with van der Waals surface area (Å²) in [4.78, 5) is 0. The van der Waals surface area contributed by atoms with Crippen molar-refractivity contribution in [1.82, 2.24) is 5.32 Å². The molecule has 0 aromatic heterocycles. The normalized spacial score (nSPS) is 12.4. The van der Waals surface area contributed by atoms with Gasteiger partial charge >= 0.3 is 0 Å². The van der Waals surface area contributed by atoms with E-state index in [-0.39, 0.29) is 17.7 Å². The van der Waals surface area contributed by atoms with Gasteiger partial charge in [0.1, 0.15) is 11.6 Å². The number of rotatable bonds is 5. The van der Waals surface area contributed by atoms with E-state index in [9.17, 15) is 8.78 Å². The highest BCUT2D eigenvalue weighted by Crippen LogP contribution is 2.23. The SMILES string of the molecule is CCNC(Cc1ccc(F)cc1C)c1ccc(C)c(F)c1. The number of benzene rings is 2. The maximum absolute atomic E-state index is 13.8. The third-order valence-corrected chi connectivity index (χ3v) is 3.78. The molecule has 2 aromatic carbocycles. The average molecular weight is 289 g/mol. The molecule has 2 aromatic rings. The zero-order chi connectivity index (χ0) is 15.4. The zero-order valence-corrected chi connectivity index (χ0v) is 12.7. The minimum atomic E-state index is -0.224. The van der Waals surface area contributed by atoms with E-state index in [1.165, 1.54) is 12.1 Å². The van der Waals surface area contributed by atoms with Crippen molar-refractivity contribution in [2.75, 3.05) is 6.54 Å². The number of hydrogen-bond acceptors (Lipinski definition) is 1. The van der Waals surface area contributed by atoms with Gasteiger partial charge in [-0.3, -0.25) is 0 Å². The highest BCUT2D eigenvalue weighted by Gasteiger charge is 2.14. The molecular weight excluding hydrogens is 268 g/mol. The second kappa shape index (κ2) is 6.81. The molecule has 0 saturated carbocycles. The maximum Gasteiger partial charge on any atom is 0.126 e. The van der Waals surface area contributed by atoms with Gasteiger partial charge < -0.3 is 5.32 Å². The molecule has 0 bridgehead atoms. The molecular formula is C18H21F2N. The number of halogens is 2. The molecule has 0 aliphatic heterocycles. The fourth-order valence-electron chi connectivity index (χ4n) is 2.49. The molecule has 1 unspecified atom stereocenters. The van der Waals surface area contributed by atoms with Gasteiger partial charge in [-0.15, -0.1) is 0 Å². The summed E-state index contributed by atoms with van der Waals surface area (Å²) >= 11 is 0. The standard InChI is InChI=1S/C18H21F2N/c1-4-21-18(15-6-5-12(2)17(20)10-15)11-14-7-8-16(19)9-13(14)3/h5-10,18,21H,4,11H2,1-3H3. The Labute approximate surface area is 125 Å². The average Bonchev–Trinajstić information content (AvgIpc) is 2.44. The summed E-state index contributed by atoms with van der Waals surface area (Å²) in [6.45, 7) is 6.47. The minimum absolute atomic E-state index is 0.0225. The molecule has 1 atom stereocenters. The predicted molar refractivity (Wildman–Crippen MR) is 82.4 cm³/mol. The van der Waals surface area contributed by atoms with E-state index in [2.05, 4.69) is 5.32 Å². The molecule has 0 fully saturated rings. The van der Waals surface area contributed by atoms with Gasteiger partial charge in [0, 0.05) is 6.04 Å². The molecule has 0 heterocycles. The molecule has 0 aliphatic rings. The quantitative estimate of drug-likeness (QED) is 0.856. The predicted octanol–water partition coefficient (Wildman–Crippen LogP) is 4.47. The van der Waals surface area contributed by atoms with Crippen LogP contribution in [0.15, 0.2) is 36.4 Å². The highest BCUT2D eigenvalue weighted by atomic mass is 19.1. The van der Waals surface area contributed by atoms with Gasteiger partial charge in [-0.1, -0.05) is 25.1 Å². The highest BCUT2D eigenvalue weighted by molar-refractivity contribution is 5.31. The lowest BCUT2D eigenvalue weighted by Gasteiger charge is -2.20. The Kier molecular flexibility index (Phi) is 5.07. The Balaban J connectivity index is 2.28. The van der Waals surface area contributed by atoms with Crippen LogP contribution in [0.3, 0.4) is 0 Å². The van der Waals surface area contributed by atoms with Crippen LogP contribution in [0.4, 0.5) is 8.78 Å². The first-order chi connectivity index (χ1) is 10.0. The van der Waals surface area contributed by atoms with Crippen LogP contribution in [0.25, 0.3) is 0 Å². The van der Waals surface area contributed by atoms with Gasteiger partial charge in [0.2, 0.25) is 0 Å². The summed E-state index contributed by atoms with van der Waals surface area (Å²) in [6, 6.07) is 10.2. The van der Waals surface area contributed by atoms with Crippen molar-refractivity contribution in [1.29, 1.82) is 0 Å². The van der Waals surface area contributed by atoms with Gasteiger partial charge in [0.05, 0.1) is 0 Å². The summed E-state index contributed by atoms with van der Waals surface area (Å²) in [5, 5.41) is 3.38. The second-order valence-corrected chi connectivity index (χ2v) is 5.39. The molecule has 21 heavy (non-hydrogen) atoms. The lowest BCUT2D eigenvalue weighted by Crippen LogP contribution is -2.23. The molecule has 0 aliphatic carbocycles. The van der Waals surface area contributed by atoms with Crippen LogP contribution in [0.1, 0.15) is 35.2 Å². The number of hydrogen-bond donors (Lipinski definition) is 1. The maximum atomic E-state index is 13.8. The van der Waals surface area contributed by atoms with Gasteiger partial charge in [-0.05, 0) is 67.3 Å². The van der Waals surface area contributed by atoms with Crippen molar-refractivity contribution in [3.8, 4) is 0 Å². The topological polar surface area (TPSA) is 12.0 Å². The molecule has 3 heteroatoms. The Hall–Kier alpha value is -1.74. The summed E-state index contributed by atoms with van der Waals surface area (Å²) in [7, 11) is 0. The van der Waals surface area contributed by atoms with Crippen molar-refractivity contribution >= 4 is 0 Å². The molecule has 0 amide bonds. The first-order valence-corrected chi connectivity index (χ1v) is 7.25. The molecule has 0 spiro atoms. The third-order valence-electron chi connectivity index (χ3n) is 3.78. The first-order valence-electron chi connectivity index (χ1n) is 7.25. The molecule has 1 nitrogen and oxygen atoms in total. The molecule has 0 saturated heterocycles. The Bertz CT molecular complexity index is 623. The van der Waals surface area contributed by atoms with Gasteiger partial charge in [0.15, 0.2) is 0 Å². The largest absolute Gasteiger partial charge is 0.310 e. The number of nitrogens with one attached hydrogen (secondary N) is 1. The molecule has 2 rings (SSSR count). The van der Waals surface area contributed by atoms with Gasteiger partial charge in [-0.2, -0.15) is 0 Å². The van der Waals surface area contributed by atoms with E-state index < -0.39 is 0 Å². The Morgan fingerprint density at radius 1 is 1.00 bits per heavy atom. The lowest BCUT2D eigenvalue weighted by molar-refractivity contribution is 0.539. The van der Waals surface area contributed by atoms with E-state index in [1.54, 1.807) is 25.1 Å². The van der Waals surface area contributed by atoms with Crippen LogP contribution in [-0.2, 0) is 6.42 Å². The Morgan fingerprint density at radius 3 is 2.38 bits per heavy atom. The number of likely N-dealkylation sites (N-methyl/N-ethyl adjacent to an activating group) is 1. The van der Waals surface area contributed by atoms with E-state index in [4.69, 9.17) is 0 Å². The third kappa shape index (κ3) is 3.88. The fraction of sp³-hybridized carbons (Fsp3) is 0.333.